The van der Waals surface area contributed by atoms with E-state index in [0.29, 0.717) is 5.92 Å². The van der Waals surface area contributed by atoms with Crippen LogP contribution in [0.4, 0.5) is 0 Å². The second-order valence-corrected chi connectivity index (χ2v) is 5.81. The first-order valence-corrected chi connectivity index (χ1v) is 7.47. The van der Waals surface area contributed by atoms with Crippen molar-refractivity contribution in [3.63, 3.8) is 0 Å². The lowest BCUT2D eigenvalue weighted by atomic mass is 9.89. The van der Waals surface area contributed by atoms with Crippen molar-refractivity contribution >= 4 is 11.3 Å². The molecule has 0 radical (unpaired) electrons. The topological polar surface area (TPSA) is 26.0 Å². The lowest BCUT2D eigenvalue weighted by Crippen LogP contribution is -2.18. The maximum Gasteiger partial charge on any atom is 0.0459 e. The second kappa shape index (κ2) is 6.17. The van der Waals surface area contributed by atoms with Crippen molar-refractivity contribution in [2.24, 2.45) is 5.73 Å². The van der Waals surface area contributed by atoms with Crippen LogP contribution in [0.1, 0.15) is 47.5 Å². The summed E-state index contributed by atoms with van der Waals surface area (Å²) < 4.78 is 0. The third-order valence-corrected chi connectivity index (χ3v) is 4.79. The van der Waals surface area contributed by atoms with Gasteiger partial charge in [0.15, 0.2) is 0 Å². The maximum atomic E-state index is 6.46. The van der Waals surface area contributed by atoms with Crippen LogP contribution < -0.4 is 5.73 Å². The van der Waals surface area contributed by atoms with Crippen LogP contribution in [0.5, 0.6) is 0 Å². The van der Waals surface area contributed by atoms with E-state index in [1.165, 1.54) is 15.3 Å². The Morgan fingerprint density at radius 2 is 1.78 bits per heavy atom. The molecule has 0 aliphatic heterocycles. The Kier molecular flexibility index (Phi) is 4.56. The van der Waals surface area contributed by atoms with Gasteiger partial charge in [-0.3, -0.25) is 0 Å². The van der Waals surface area contributed by atoms with Crippen molar-refractivity contribution < 1.29 is 0 Å². The molecule has 0 fully saturated rings. The molecule has 0 bridgehead atoms. The summed E-state index contributed by atoms with van der Waals surface area (Å²) in [4.78, 5) is 2.73. The molecule has 0 aliphatic rings. The Morgan fingerprint density at radius 3 is 2.33 bits per heavy atom. The highest BCUT2D eigenvalue weighted by Gasteiger charge is 2.20. The molecule has 2 N–H and O–H groups in total. The number of thiophene rings is 1. The normalized spacial score (nSPS) is 14.4. The van der Waals surface area contributed by atoms with Crippen molar-refractivity contribution in [3.05, 3.63) is 57.8 Å². The van der Waals surface area contributed by atoms with Gasteiger partial charge < -0.3 is 5.73 Å². The molecule has 0 spiro atoms. The fraction of sp³-hybridized carbons (Fsp3) is 0.375. The van der Waals surface area contributed by atoms with Crippen molar-refractivity contribution in [3.8, 4) is 0 Å². The summed E-state index contributed by atoms with van der Waals surface area (Å²) in [5.41, 5.74) is 7.81. The monoisotopic (exact) mass is 259 g/mol. The smallest absolute Gasteiger partial charge is 0.0459 e. The Hall–Kier alpha value is -1.12. The molecule has 1 nitrogen and oxygen atoms in total. The van der Waals surface area contributed by atoms with Crippen molar-refractivity contribution in [2.75, 3.05) is 0 Å². The van der Waals surface area contributed by atoms with Crippen LogP contribution in [-0.4, -0.2) is 0 Å². The van der Waals surface area contributed by atoms with E-state index in [9.17, 15) is 0 Å². The van der Waals surface area contributed by atoms with Crippen LogP contribution in [0.3, 0.4) is 0 Å². The zero-order valence-electron chi connectivity index (χ0n) is 11.1. The molecule has 1 aromatic heterocycles. The summed E-state index contributed by atoms with van der Waals surface area (Å²) in [5.74, 6) is 0.412. The van der Waals surface area contributed by atoms with Gasteiger partial charge >= 0.3 is 0 Å². The summed E-state index contributed by atoms with van der Waals surface area (Å²) in [7, 11) is 0. The minimum Gasteiger partial charge on any atom is -0.323 e. The fourth-order valence-electron chi connectivity index (χ4n) is 2.36. The average molecular weight is 259 g/mol. The van der Waals surface area contributed by atoms with E-state index in [4.69, 9.17) is 5.73 Å². The number of hydrogen-bond acceptors (Lipinski definition) is 2. The van der Waals surface area contributed by atoms with Crippen LogP contribution in [0.2, 0.25) is 0 Å². The summed E-state index contributed by atoms with van der Waals surface area (Å²) in [6.45, 7) is 4.40. The van der Waals surface area contributed by atoms with Gasteiger partial charge in [0.1, 0.15) is 0 Å². The predicted molar refractivity (Wildman–Crippen MR) is 80.1 cm³/mol. The van der Waals surface area contributed by atoms with Gasteiger partial charge in [0.05, 0.1) is 0 Å². The van der Waals surface area contributed by atoms with E-state index in [2.05, 4.69) is 56.3 Å². The Bertz CT molecular complexity index is 475. The maximum absolute atomic E-state index is 6.46. The molecule has 0 saturated heterocycles. The van der Waals surface area contributed by atoms with Gasteiger partial charge in [0, 0.05) is 21.7 Å². The van der Waals surface area contributed by atoms with E-state index < -0.39 is 0 Å². The van der Waals surface area contributed by atoms with Crippen LogP contribution in [0.25, 0.3) is 0 Å². The summed E-state index contributed by atoms with van der Waals surface area (Å²) in [6.07, 6.45) is 2.17. The first-order valence-electron chi connectivity index (χ1n) is 6.65. The molecule has 2 unspecified atom stereocenters. The molecule has 1 aromatic carbocycles. The van der Waals surface area contributed by atoms with Crippen molar-refractivity contribution in [2.45, 2.75) is 38.6 Å². The number of rotatable bonds is 5. The highest BCUT2D eigenvalue weighted by molar-refractivity contribution is 7.12. The lowest BCUT2D eigenvalue weighted by Gasteiger charge is -2.22. The Morgan fingerprint density at radius 1 is 1.06 bits per heavy atom. The van der Waals surface area contributed by atoms with Gasteiger partial charge in [-0.25, -0.2) is 0 Å². The fourth-order valence-corrected chi connectivity index (χ4v) is 3.38. The van der Waals surface area contributed by atoms with Crippen LogP contribution >= 0.6 is 11.3 Å². The molecule has 1 heterocycles. The molecule has 18 heavy (non-hydrogen) atoms. The number of nitrogens with two attached hydrogens (primary N) is 1. The van der Waals surface area contributed by atoms with Crippen LogP contribution in [0.15, 0.2) is 42.5 Å². The lowest BCUT2D eigenvalue weighted by molar-refractivity contribution is 0.546. The van der Waals surface area contributed by atoms with E-state index in [0.717, 1.165) is 12.8 Å². The van der Waals surface area contributed by atoms with Gasteiger partial charge in [-0.15, -0.1) is 11.3 Å². The number of aryl methyl sites for hydroxylation is 1. The third-order valence-electron chi connectivity index (χ3n) is 3.46. The molecular formula is C16H21NS. The zero-order chi connectivity index (χ0) is 13.0. The van der Waals surface area contributed by atoms with Crippen molar-refractivity contribution in [1.82, 2.24) is 0 Å². The zero-order valence-corrected chi connectivity index (χ0v) is 11.9. The van der Waals surface area contributed by atoms with Crippen molar-refractivity contribution in [1.29, 1.82) is 0 Å². The highest BCUT2D eigenvalue weighted by Crippen LogP contribution is 2.35. The molecule has 96 valence electrons. The predicted octanol–water partition coefficient (Wildman–Crippen LogP) is 4.50. The minimum atomic E-state index is 0.114. The molecule has 2 rings (SSSR count). The number of hydrogen-bond donors (Lipinski definition) is 1. The second-order valence-electron chi connectivity index (χ2n) is 4.61. The molecule has 2 heteroatoms. The van der Waals surface area contributed by atoms with E-state index in [1.807, 2.05) is 11.3 Å². The van der Waals surface area contributed by atoms with E-state index in [-0.39, 0.29) is 6.04 Å². The van der Waals surface area contributed by atoms with Gasteiger partial charge in [-0.05, 0) is 30.5 Å². The molecular weight excluding hydrogens is 238 g/mol. The van der Waals surface area contributed by atoms with E-state index >= 15 is 0 Å². The SMILES string of the molecule is CCc1ccc(C(N)C(CC)c2ccccc2)s1. The van der Waals surface area contributed by atoms with Gasteiger partial charge in [0.2, 0.25) is 0 Å². The summed E-state index contributed by atoms with van der Waals surface area (Å²) >= 11 is 1.85. The standard InChI is InChI=1S/C16H21NS/c1-3-13-10-11-15(18-13)16(17)14(4-2)12-8-6-5-7-9-12/h5-11,14,16H,3-4,17H2,1-2H3. The molecule has 2 aromatic rings. The quantitative estimate of drug-likeness (QED) is 0.840. The highest BCUT2D eigenvalue weighted by atomic mass is 32.1. The molecule has 2 atom stereocenters. The minimum absolute atomic E-state index is 0.114. The molecule has 0 aliphatic carbocycles. The average Bonchev–Trinajstić information content (AvgIpc) is 2.89. The van der Waals surface area contributed by atoms with Crippen LogP contribution in [0, 0.1) is 0 Å². The number of benzene rings is 1. The van der Waals surface area contributed by atoms with Gasteiger partial charge in [-0.2, -0.15) is 0 Å². The van der Waals surface area contributed by atoms with Gasteiger partial charge in [-0.1, -0.05) is 44.2 Å². The Balaban J connectivity index is 2.22. The molecule has 0 amide bonds. The summed E-state index contributed by atoms with van der Waals surface area (Å²) in [6, 6.07) is 15.1. The Labute approximate surface area is 114 Å². The third kappa shape index (κ3) is 2.82. The largest absolute Gasteiger partial charge is 0.323 e. The van der Waals surface area contributed by atoms with E-state index in [1.54, 1.807) is 0 Å². The first kappa shape index (κ1) is 13.3. The molecule has 0 saturated carbocycles. The first-order chi connectivity index (χ1) is 8.76. The van der Waals surface area contributed by atoms with Gasteiger partial charge in [0.25, 0.3) is 0 Å². The summed E-state index contributed by atoms with van der Waals surface area (Å²) in [5, 5.41) is 0. The van der Waals surface area contributed by atoms with Crippen LogP contribution in [-0.2, 0) is 6.42 Å².